The van der Waals surface area contributed by atoms with Crippen molar-refractivity contribution < 1.29 is 28.4 Å². The van der Waals surface area contributed by atoms with Crippen molar-refractivity contribution in [3.8, 4) is 0 Å². The highest BCUT2D eigenvalue weighted by Crippen LogP contribution is 2.61. The molecular formula is C27H36O6. The molecule has 33 heavy (non-hydrogen) atoms. The lowest BCUT2D eigenvalue weighted by atomic mass is 9.46. The SMILES string of the molecule is CC1=COC2CC3C4CC5OC=C(C)OC5CC4C4CC5OC(C)=COC5CC4C3CC2O1. The molecule has 6 nitrogen and oxygen atoms in total. The van der Waals surface area contributed by atoms with Gasteiger partial charge in [-0.1, -0.05) is 0 Å². The lowest BCUT2D eigenvalue weighted by molar-refractivity contribution is -0.206. The molecule has 6 heteroatoms. The van der Waals surface area contributed by atoms with Crippen molar-refractivity contribution in [2.75, 3.05) is 0 Å². The Kier molecular flexibility index (Phi) is 4.64. The maximum atomic E-state index is 6.30. The highest BCUT2D eigenvalue weighted by atomic mass is 16.6. The van der Waals surface area contributed by atoms with Crippen molar-refractivity contribution in [3.63, 3.8) is 0 Å². The third kappa shape index (κ3) is 3.26. The van der Waals surface area contributed by atoms with Crippen LogP contribution in [0.1, 0.15) is 59.3 Å². The molecule has 4 aliphatic carbocycles. The van der Waals surface area contributed by atoms with E-state index in [9.17, 15) is 0 Å². The van der Waals surface area contributed by atoms with E-state index >= 15 is 0 Å². The van der Waals surface area contributed by atoms with Crippen LogP contribution in [0.5, 0.6) is 0 Å². The van der Waals surface area contributed by atoms with E-state index in [1.54, 1.807) is 0 Å². The highest BCUT2D eigenvalue weighted by molar-refractivity contribution is 5.11. The third-order valence-corrected chi connectivity index (χ3v) is 9.81. The van der Waals surface area contributed by atoms with Gasteiger partial charge in [0.15, 0.2) is 0 Å². The summed E-state index contributed by atoms with van der Waals surface area (Å²) >= 11 is 0. The van der Waals surface area contributed by atoms with E-state index in [-0.39, 0.29) is 36.6 Å². The van der Waals surface area contributed by atoms with Crippen LogP contribution in [-0.2, 0) is 28.4 Å². The van der Waals surface area contributed by atoms with Crippen molar-refractivity contribution in [1.29, 1.82) is 0 Å². The predicted octanol–water partition coefficient (Wildman–Crippen LogP) is 5.01. The van der Waals surface area contributed by atoms with Crippen molar-refractivity contribution in [3.05, 3.63) is 36.1 Å². The molecule has 180 valence electrons. The van der Waals surface area contributed by atoms with Crippen LogP contribution in [0.25, 0.3) is 0 Å². The minimum absolute atomic E-state index is 0.172. The first-order chi connectivity index (χ1) is 16.0. The maximum absolute atomic E-state index is 6.30. The van der Waals surface area contributed by atoms with Crippen LogP contribution in [0, 0.1) is 35.5 Å². The van der Waals surface area contributed by atoms with Gasteiger partial charge in [-0.05, 0) is 94.8 Å². The van der Waals surface area contributed by atoms with E-state index < -0.39 is 0 Å². The van der Waals surface area contributed by atoms with Gasteiger partial charge in [0.05, 0.1) is 0 Å². The van der Waals surface area contributed by atoms with Gasteiger partial charge in [0.1, 0.15) is 72.7 Å². The summed E-state index contributed by atoms with van der Waals surface area (Å²) in [6.07, 6.45) is 13.0. The van der Waals surface area contributed by atoms with E-state index in [1.165, 1.54) is 0 Å². The summed E-state index contributed by atoms with van der Waals surface area (Å²) in [6.45, 7) is 6.02. The predicted molar refractivity (Wildman–Crippen MR) is 119 cm³/mol. The molecule has 0 aromatic heterocycles. The Labute approximate surface area is 196 Å². The Hall–Kier alpha value is -1.98. The maximum Gasteiger partial charge on any atom is 0.135 e. The van der Waals surface area contributed by atoms with Crippen LogP contribution in [-0.4, -0.2) is 36.6 Å². The Bertz CT molecular complexity index is 893. The minimum Gasteiger partial charge on any atom is -0.491 e. The molecule has 3 heterocycles. The van der Waals surface area contributed by atoms with E-state index in [4.69, 9.17) is 28.4 Å². The Morgan fingerprint density at radius 2 is 0.667 bits per heavy atom. The van der Waals surface area contributed by atoms with Gasteiger partial charge in [-0.2, -0.15) is 0 Å². The molecule has 7 aliphatic rings. The minimum atomic E-state index is 0.172. The molecule has 4 saturated carbocycles. The van der Waals surface area contributed by atoms with Crippen LogP contribution in [0.4, 0.5) is 0 Å². The normalized spacial score (nSPS) is 51.5. The fourth-order valence-electron chi connectivity index (χ4n) is 8.67. The largest absolute Gasteiger partial charge is 0.491 e. The zero-order chi connectivity index (χ0) is 22.3. The van der Waals surface area contributed by atoms with Gasteiger partial charge in [-0.3, -0.25) is 0 Å². The number of hydrogen-bond acceptors (Lipinski definition) is 6. The quantitative estimate of drug-likeness (QED) is 0.511. The lowest BCUT2D eigenvalue weighted by Crippen LogP contribution is -2.61. The van der Waals surface area contributed by atoms with Gasteiger partial charge in [0, 0.05) is 0 Å². The summed E-state index contributed by atoms with van der Waals surface area (Å²) in [5.41, 5.74) is 0. The smallest absolute Gasteiger partial charge is 0.135 e. The second-order valence-corrected chi connectivity index (χ2v) is 11.6. The first-order valence-corrected chi connectivity index (χ1v) is 13.0. The van der Waals surface area contributed by atoms with E-state index in [0.29, 0.717) is 35.5 Å². The van der Waals surface area contributed by atoms with Crippen LogP contribution in [0.2, 0.25) is 0 Å². The Morgan fingerprint density at radius 3 is 0.939 bits per heavy atom. The van der Waals surface area contributed by atoms with Crippen LogP contribution >= 0.6 is 0 Å². The molecule has 7 rings (SSSR count). The number of rotatable bonds is 0. The summed E-state index contributed by atoms with van der Waals surface area (Å²) in [5, 5.41) is 0. The molecule has 0 aromatic carbocycles. The molecule has 12 unspecified atom stereocenters. The molecule has 0 radical (unpaired) electrons. The van der Waals surface area contributed by atoms with Crippen LogP contribution in [0.3, 0.4) is 0 Å². The molecule has 4 fully saturated rings. The molecule has 0 amide bonds. The summed E-state index contributed by atoms with van der Waals surface area (Å²) in [5.74, 6) is 6.56. The van der Waals surface area contributed by atoms with Gasteiger partial charge in [-0.15, -0.1) is 0 Å². The lowest BCUT2D eigenvalue weighted by Gasteiger charge is -2.61. The number of fused-ring (bicyclic) bond motifs is 9. The summed E-state index contributed by atoms with van der Waals surface area (Å²) in [4.78, 5) is 0. The van der Waals surface area contributed by atoms with Crippen molar-refractivity contribution in [1.82, 2.24) is 0 Å². The number of allylic oxidation sites excluding steroid dienone is 3. The molecular weight excluding hydrogens is 420 g/mol. The summed E-state index contributed by atoms with van der Waals surface area (Å²) < 4.78 is 37.4. The molecule has 0 aromatic rings. The standard InChI is InChI=1S/C27H36O6/c1-13-10-28-22-4-16-17-5-23-26(32-14(2)11-29-23)8-20(17)21-9-27-24(30-12-15(3)33-27)6-18(21)19(16)7-25(22)31-13/h10-12,16-27H,4-9H2,1-3H3. The van der Waals surface area contributed by atoms with Crippen molar-refractivity contribution in [2.45, 2.75) is 95.9 Å². The molecule has 0 N–H and O–H groups in total. The summed E-state index contributed by atoms with van der Waals surface area (Å²) in [6, 6.07) is 0. The highest BCUT2D eigenvalue weighted by Gasteiger charge is 2.60. The van der Waals surface area contributed by atoms with E-state index in [2.05, 4.69) is 0 Å². The van der Waals surface area contributed by atoms with Gasteiger partial charge < -0.3 is 28.4 Å². The topological polar surface area (TPSA) is 55.4 Å². The second-order valence-electron chi connectivity index (χ2n) is 11.6. The van der Waals surface area contributed by atoms with Gasteiger partial charge >= 0.3 is 0 Å². The first-order valence-electron chi connectivity index (χ1n) is 13.0. The molecule has 12 atom stereocenters. The molecule has 3 aliphatic heterocycles. The van der Waals surface area contributed by atoms with Crippen molar-refractivity contribution in [2.24, 2.45) is 35.5 Å². The zero-order valence-electron chi connectivity index (χ0n) is 19.9. The fraction of sp³-hybridized carbons (Fsp3) is 0.778. The molecule has 0 bridgehead atoms. The van der Waals surface area contributed by atoms with E-state index in [1.807, 2.05) is 39.6 Å². The molecule has 0 saturated heterocycles. The van der Waals surface area contributed by atoms with Crippen molar-refractivity contribution >= 4 is 0 Å². The number of ether oxygens (including phenoxy) is 6. The Morgan fingerprint density at radius 1 is 0.424 bits per heavy atom. The monoisotopic (exact) mass is 456 g/mol. The van der Waals surface area contributed by atoms with Gasteiger partial charge in [-0.25, -0.2) is 0 Å². The van der Waals surface area contributed by atoms with Crippen LogP contribution < -0.4 is 0 Å². The molecule has 0 spiro atoms. The second kappa shape index (κ2) is 7.51. The Balaban J connectivity index is 1.23. The summed E-state index contributed by atoms with van der Waals surface area (Å²) in [7, 11) is 0. The zero-order valence-corrected chi connectivity index (χ0v) is 19.9. The average molecular weight is 457 g/mol. The first kappa shape index (κ1) is 20.4. The van der Waals surface area contributed by atoms with Crippen LogP contribution in [0.15, 0.2) is 36.1 Å². The van der Waals surface area contributed by atoms with E-state index in [0.717, 1.165) is 55.8 Å². The third-order valence-electron chi connectivity index (χ3n) is 9.81. The fourth-order valence-corrected chi connectivity index (χ4v) is 8.67. The van der Waals surface area contributed by atoms with Gasteiger partial charge in [0.2, 0.25) is 0 Å². The average Bonchev–Trinajstić information content (AvgIpc) is 2.81. The number of hydrogen-bond donors (Lipinski definition) is 0. The van der Waals surface area contributed by atoms with Gasteiger partial charge in [0.25, 0.3) is 0 Å².